The number of ether oxygens (including phenoxy) is 1. The number of thioether (sulfide) groups is 1. The van der Waals surface area contributed by atoms with Crippen molar-refractivity contribution < 1.29 is 14.6 Å². The van der Waals surface area contributed by atoms with Gasteiger partial charge < -0.3 is 14.7 Å². The molecule has 1 fully saturated rings. The summed E-state index contributed by atoms with van der Waals surface area (Å²) in [6.45, 7) is 4.25. The highest BCUT2D eigenvalue weighted by atomic mass is 32.2. The fourth-order valence-corrected chi connectivity index (χ4v) is 3.58. The van der Waals surface area contributed by atoms with Crippen molar-refractivity contribution in [3.05, 3.63) is 11.1 Å². The zero-order valence-electron chi connectivity index (χ0n) is 10.9. The lowest BCUT2D eigenvalue weighted by Crippen LogP contribution is -2.37. The number of aliphatic hydroxyl groups is 1. The second-order valence-electron chi connectivity index (χ2n) is 4.51. The van der Waals surface area contributed by atoms with Crippen LogP contribution in [0.15, 0.2) is 9.72 Å². The predicted octanol–water partition coefficient (Wildman–Crippen LogP) is 1.01. The lowest BCUT2D eigenvalue weighted by Gasteiger charge is -2.22. The Kier molecular flexibility index (Phi) is 5.62. The third-order valence-corrected chi connectivity index (χ3v) is 4.99. The first-order chi connectivity index (χ1) is 9.19. The minimum absolute atomic E-state index is 0.0264. The SMILES string of the molecule is Cc1csc(SCC(=O)N2CCOCC(CO)C2)n1. The van der Waals surface area contributed by atoms with Gasteiger partial charge in [0.25, 0.3) is 0 Å². The Hall–Kier alpha value is -0.630. The molecular weight excluding hydrogens is 284 g/mol. The molecule has 1 N–H and O–H groups in total. The summed E-state index contributed by atoms with van der Waals surface area (Å²) in [5.41, 5.74) is 0.989. The molecule has 1 aromatic heterocycles. The number of thiazole rings is 1. The van der Waals surface area contributed by atoms with Crippen molar-refractivity contribution in [1.29, 1.82) is 0 Å². The number of hydrogen-bond donors (Lipinski definition) is 1. The monoisotopic (exact) mass is 302 g/mol. The van der Waals surface area contributed by atoms with Crippen molar-refractivity contribution in [2.45, 2.75) is 11.3 Å². The number of aromatic nitrogens is 1. The molecule has 1 aromatic rings. The van der Waals surface area contributed by atoms with Gasteiger partial charge in [0.15, 0.2) is 4.34 Å². The summed E-state index contributed by atoms with van der Waals surface area (Å²) < 4.78 is 6.30. The molecule has 1 aliphatic rings. The van der Waals surface area contributed by atoms with E-state index in [1.165, 1.54) is 11.8 Å². The van der Waals surface area contributed by atoms with Crippen LogP contribution in [-0.4, -0.2) is 59.6 Å². The molecule has 0 saturated carbocycles. The minimum Gasteiger partial charge on any atom is -0.396 e. The largest absolute Gasteiger partial charge is 0.396 e. The standard InChI is InChI=1S/C12H18N2O3S2/c1-9-7-18-12(13-9)19-8-11(16)14-2-3-17-6-10(4-14)5-15/h7,10,15H,2-6,8H2,1H3. The van der Waals surface area contributed by atoms with Gasteiger partial charge >= 0.3 is 0 Å². The maximum Gasteiger partial charge on any atom is 0.233 e. The lowest BCUT2D eigenvalue weighted by molar-refractivity contribution is -0.128. The van der Waals surface area contributed by atoms with E-state index < -0.39 is 0 Å². The number of aliphatic hydroxyl groups excluding tert-OH is 1. The van der Waals surface area contributed by atoms with Crippen LogP contribution in [0.3, 0.4) is 0 Å². The molecule has 0 bridgehead atoms. The zero-order valence-corrected chi connectivity index (χ0v) is 12.5. The molecule has 1 saturated heterocycles. The van der Waals surface area contributed by atoms with Gasteiger partial charge in [-0.05, 0) is 6.92 Å². The van der Waals surface area contributed by atoms with Gasteiger partial charge in [-0.3, -0.25) is 4.79 Å². The lowest BCUT2D eigenvalue weighted by atomic mass is 10.1. The Morgan fingerprint density at radius 3 is 3.26 bits per heavy atom. The molecule has 2 rings (SSSR count). The minimum atomic E-state index is 0.0264. The van der Waals surface area contributed by atoms with Gasteiger partial charge in [-0.15, -0.1) is 11.3 Å². The molecule has 5 nitrogen and oxygen atoms in total. The molecule has 1 atom stereocenters. The van der Waals surface area contributed by atoms with Crippen LogP contribution in [0.4, 0.5) is 0 Å². The van der Waals surface area contributed by atoms with Crippen LogP contribution in [-0.2, 0) is 9.53 Å². The average Bonchev–Trinajstić information content (AvgIpc) is 2.68. The second-order valence-corrected chi connectivity index (χ2v) is 6.59. The van der Waals surface area contributed by atoms with E-state index in [0.717, 1.165) is 10.0 Å². The van der Waals surface area contributed by atoms with Gasteiger partial charge in [0.2, 0.25) is 5.91 Å². The highest BCUT2D eigenvalue weighted by Gasteiger charge is 2.22. The summed E-state index contributed by atoms with van der Waals surface area (Å²) in [5.74, 6) is 0.505. The first-order valence-corrected chi connectivity index (χ1v) is 8.07. The molecule has 106 valence electrons. The molecular formula is C12H18N2O3S2. The Labute approximate surface area is 121 Å². The summed E-state index contributed by atoms with van der Waals surface area (Å²) >= 11 is 3.04. The number of nitrogens with zero attached hydrogens (tertiary/aromatic N) is 2. The molecule has 2 heterocycles. The Bertz CT molecular complexity index is 425. The van der Waals surface area contributed by atoms with Crippen molar-refractivity contribution in [1.82, 2.24) is 9.88 Å². The molecule has 1 amide bonds. The van der Waals surface area contributed by atoms with E-state index in [4.69, 9.17) is 4.74 Å². The van der Waals surface area contributed by atoms with Gasteiger partial charge in [0, 0.05) is 36.7 Å². The average molecular weight is 302 g/mol. The number of carbonyl (C=O) groups is 1. The van der Waals surface area contributed by atoms with Crippen LogP contribution in [0, 0.1) is 12.8 Å². The fraction of sp³-hybridized carbons (Fsp3) is 0.667. The second kappa shape index (κ2) is 7.23. The van der Waals surface area contributed by atoms with E-state index in [1.807, 2.05) is 12.3 Å². The van der Waals surface area contributed by atoms with Crippen molar-refractivity contribution in [2.24, 2.45) is 5.92 Å². The maximum absolute atomic E-state index is 12.1. The summed E-state index contributed by atoms with van der Waals surface area (Å²) in [5, 5.41) is 11.2. The summed E-state index contributed by atoms with van der Waals surface area (Å²) in [6.07, 6.45) is 0. The number of rotatable bonds is 4. The topological polar surface area (TPSA) is 62.7 Å². The van der Waals surface area contributed by atoms with Gasteiger partial charge in [0.05, 0.1) is 19.0 Å². The zero-order chi connectivity index (χ0) is 13.7. The normalized spacial score (nSPS) is 20.3. The Morgan fingerprint density at radius 1 is 1.74 bits per heavy atom. The quantitative estimate of drug-likeness (QED) is 0.841. The molecule has 0 spiro atoms. The van der Waals surface area contributed by atoms with Gasteiger partial charge in [-0.1, -0.05) is 11.8 Å². The van der Waals surface area contributed by atoms with E-state index in [-0.39, 0.29) is 18.4 Å². The molecule has 7 heteroatoms. The fourth-order valence-electron chi connectivity index (χ4n) is 1.83. The maximum atomic E-state index is 12.1. The molecule has 0 aliphatic carbocycles. The van der Waals surface area contributed by atoms with Crippen LogP contribution in [0.2, 0.25) is 0 Å². The van der Waals surface area contributed by atoms with Crippen LogP contribution in [0.5, 0.6) is 0 Å². The molecule has 0 aromatic carbocycles. The summed E-state index contributed by atoms with van der Waals surface area (Å²) in [6, 6.07) is 0. The number of aryl methyl sites for hydroxylation is 1. The highest BCUT2D eigenvalue weighted by Crippen LogP contribution is 2.22. The van der Waals surface area contributed by atoms with Gasteiger partial charge in [-0.25, -0.2) is 4.98 Å². The van der Waals surface area contributed by atoms with E-state index in [9.17, 15) is 9.90 Å². The first-order valence-electron chi connectivity index (χ1n) is 6.20. The molecule has 19 heavy (non-hydrogen) atoms. The van der Waals surface area contributed by atoms with Gasteiger partial charge in [-0.2, -0.15) is 0 Å². The van der Waals surface area contributed by atoms with E-state index in [2.05, 4.69) is 4.98 Å². The molecule has 0 radical (unpaired) electrons. The number of carbonyl (C=O) groups excluding carboxylic acids is 1. The van der Waals surface area contributed by atoms with Crippen molar-refractivity contribution in [3.63, 3.8) is 0 Å². The van der Waals surface area contributed by atoms with Gasteiger partial charge in [0.1, 0.15) is 0 Å². The predicted molar refractivity (Wildman–Crippen MR) is 75.5 cm³/mol. The summed E-state index contributed by atoms with van der Waals surface area (Å²) in [7, 11) is 0. The molecule has 1 aliphatic heterocycles. The Balaban J connectivity index is 1.84. The van der Waals surface area contributed by atoms with Crippen molar-refractivity contribution in [3.8, 4) is 0 Å². The first kappa shape index (κ1) is 14.8. The third-order valence-electron chi connectivity index (χ3n) is 2.87. The Morgan fingerprint density at radius 2 is 2.58 bits per heavy atom. The van der Waals surface area contributed by atoms with Crippen LogP contribution in [0.25, 0.3) is 0 Å². The molecule has 1 unspecified atom stereocenters. The van der Waals surface area contributed by atoms with Crippen molar-refractivity contribution in [2.75, 3.05) is 38.7 Å². The third kappa shape index (κ3) is 4.45. The van der Waals surface area contributed by atoms with E-state index in [1.54, 1.807) is 16.2 Å². The number of hydrogen-bond acceptors (Lipinski definition) is 6. The van der Waals surface area contributed by atoms with Crippen LogP contribution in [0.1, 0.15) is 5.69 Å². The highest BCUT2D eigenvalue weighted by molar-refractivity contribution is 8.01. The van der Waals surface area contributed by atoms with E-state index >= 15 is 0 Å². The van der Waals surface area contributed by atoms with Crippen LogP contribution >= 0.6 is 23.1 Å². The number of amides is 1. The summed E-state index contributed by atoms with van der Waals surface area (Å²) in [4.78, 5) is 18.2. The van der Waals surface area contributed by atoms with Crippen molar-refractivity contribution >= 4 is 29.0 Å². The van der Waals surface area contributed by atoms with E-state index in [0.29, 0.717) is 32.1 Å². The van der Waals surface area contributed by atoms with Crippen LogP contribution < -0.4 is 0 Å². The smallest absolute Gasteiger partial charge is 0.233 e.